The first-order chi connectivity index (χ1) is 15.2. The van der Waals surface area contributed by atoms with Crippen molar-refractivity contribution in [2.45, 2.75) is 30.1 Å². The predicted octanol–water partition coefficient (Wildman–Crippen LogP) is 3.39. The van der Waals surface area contributed by atoms with Crippen LogP contribution in [0.1, 0.15) is 41.0 Å². The van der Waals surface area contributed by atoms with E-state index in [1.165, 1.54) is 23.8 Å². The highest BCUT2D eigenvalue weighted by Crippen LogP contribution is 2.33. The summed E-state index contributed by atoms with van der Waals surface area (Å²) in [7, 11) is -3.90. The molecule has 1 aliphatic rings. The van der Waals surface area contributed by atoms with Crippen molar-refractivity contribution in [2.24, 2.45) is 5.14 Å². The zero-order valence-corrected chi connectivity index (χ0v) is 18.2. The summed E-state index contributed by atoms with van der Waals surface area (Å²) in [4.78, 5) is 13.0. The maximum atomic E-state index is 13.0. The summed E-state index contributed by atoms with van der Waals surface area (Å²) < 4.78 is 23.3. The van der Waals surface area contributed by atoms with Crippen LogP contribution in [0, 0.1) is 5.41 Å². The highest BCUT2D eigenvalue weighted by atomic mass is 32.2. The Morgan fingerprint density at radius 2 is 1.81 bits per heavy atom. The Labute approximate surface area is 187 Å². The normalized spacial score (nSPS) is 15.6. The standard InChI is InChI=1S/C24H24N4O3S/c25-22-12-11-17(28-24(29)20-10-4-6-15-5-1-2-9-19(15)20)14-21(22)23(26)16-7-3-8-18(13-16)32(27,30)31/h1-3,5,7-9,11-14,20,26H,4,6,10,25H2,(H,28,29)(H2,27,30,31). The third-order valence-electron chi connectivity index (χ3n) is 5.73. The van der Waals surface area contributed by atoms with Crippen molar-refractivity contribution in [3.8, 4) is 0 Å². The highest BCUT2D eigenvalue weighted by molar-refractivity contribution is 7.89. The Morgan fingerprint density at radius 1 is 1.03 bits per heavy atom. The number of hydrogen-bond donors (Lipinski definition) is 4. The number of benzene rings is 3. The van der Waals surface area contributed by atoms with E-state index in [-0.39, 0.29) is 22.4 Å². The number of nitrogens with two attached hydrogens (primary N) is 2. The van der Waals surface area contributed by atoms with Crippen LogP contribution in [-0.2, 0) is 21.2 Å². The van der Waals surface area contributed by atoms with Crippen LogP contribution in [0.5, 0.6) is 0 Å². The number of nitrogens with one attached hydrogen (secondary N) is 2. The van der Waals surface area contributed by atoms with E-state index in [0.29, 0.717) is 22.5 Å². The minimum atomic E-state index is -3.90. The molecule has 3 aromatic carbocycles. The van der Waals surface area contributed by atoms with E-state index < -0.39 is 10.0 Å². The first-order valence-electron chi connectivity index (χ1n) is 10.2. The molecule has 0 aromatic heterocycles. The third kappa shape index (κ3) is 4.42. The zero-order chi connectivity index (χ0) is 22.9. The monoisotopic (exact) mass is 448 g/mol. The van der Waals surface area contributed by atoms with Gasteiger partial charge in [0.2, 0.25) is 15.9 Å². The topological polar surface area (TPSA) is 139 Å². The van der Waals surface area contributed by atoms with Crippen molar-refractivity contribution in [3.63, 3.8) is 0 Å². The van der Waals surface area contributed by atoms with Crippen LogP contribution < -0.4 is 16.2 Å². The van der Waals surface area contributed by atoms with Gasteiger partial charge in [-0.05, 0) is 60.7 Å². The molecule has 0 saturated carbocycles. The number of anilines is 2. The van der Waals surface area contributed by atoms with E-state index in [1.807, 2.05) is 18.2 Å². The molecule has 0 aliphatic heterocycles. The smallest absolute Gasteiger partial charge is 0.238 e. The van der Waals surface area contributed by atoms with Crippen molar-refractivity contribution in [1.29, 1.82) is 5.41 Å². The summed E-state index contributed by atoms with van der Waals surface area (Å²) in [6.45, 7) is 0. The van der Waals surface area contributed by atoms with E-state index in [4.69, 9.17) is 16.3 Å². The number of nitrogen functional groups attached to an aromatic ring is 1. The number of amides is 1. The molecule has 1 atom stereocenters. The van der Waals surface area contributed by atoms with Crippen LogP contribution in [0.15, 0.2) is 71.6 Å². The molecule has 3 aromatic rings. The van der Waals surface area contributed by atoms with Gasteiger partial charge in [-0.15, -0.1) is 0 Å². The van der Waals surface area contributed by atoms with Crippen LogP contribution in [0.3, 0.4) is 0 Å². The molecule has 164 valence electrons. The Balaban J connectivity index is 1.60. The van der Waals surface area contributed by atoms with Crippen molar-refractivity contribution in [1.82, 2.24) is 0 Å². The lowest BCUT2D eigenvalue weighted by Crippen LogP contribution is -2.24. The molecular weight excluding hydrogens is 424 g/mol. The lowest BCUT2D eigenvalue weighted by molar-refractivity contribution is -0.117. The predicted molar refractivity (Wildman–Crippen MR) is 125 cm³/mol. The SMILES string of the molecule is N=C(c1cccc(S(N)(=O)=O)c1)c1cc(NC(=O)C2CCCc3ccccc32)ccc1N. The summed E-state index contributed by atoms with van der Waals surface area (Å²) in [5.41, 5.74) is 9.99. The molecule has 0 bridgehead atoms. The lowest BCUT2D eigenvalue weighted by Gasteiger charge is -2.24. The Morgan fingerprint density at radius 3 is 2.59 bits per heavy atom. The second-order valence-corrected chi connectivity index (χ2v) is 9.44. The molecule has 32 heavy (non-hydrogen) atoms. The van der Waals surface area contributed by atoms with Gasteiger partial charge in [0.05, 0.1) is 16.5 Å². The quantitative estimate of drug-likeness (QED) is 0.351. The number of rotatable bonds is 5. The molecule has 0 spiro atoms. The van der Waals surface area contributed by atoms with Gasteiger partial charge < -0.3 is 11.1 Å². The third-order valence-corrected chi connectivity index (χ3v) is 6.64. The molecule has 0 saturated heterocycles. The first-order valence-corrected chi connectivity index (χ1v) is 11.8. The molecule has 0 heterocycles. The van der Waals surface area contributed by atoms with E-state index in [0.717, 1.165) is 24.8 Å². The summed E-state index contributed by atoms with van der Waals surface area (Å²) in [6, 6.07) is 18.8. The average Bonchev–Trinajstić information content (AvgIpc) is 2.79. The van der Waals surface area contributed by atoms with Crippen LogP contribution in [0.2, 0.25) is 0 Å². The number of sulfonamides is 1. The van der Waals surface area contributed by atoms with Crippen molar-refractivity contribution in [2.75, 3.05) is 11.1 Å². The summed E-state index contributed by atoms with van der Waals surface area (Å²) >= 11 is 0. The summed E-state index contributed by atoms with van der Waals surface area (Å²) in [6.07, 6.45) is 2.70. The van der Waals surface area contributed by atoms with Gasteiger partial charge in [-0.25, -0.2) is 13.6 Å². The van der Waals surface area contributed by atoms with Gasteiger partial charge in [-0.1, -0.05) is 36.4 Å². The van der Waals surface area contributed by atoms with E-state index in [9.17, 15) is 13.2 Å². The number of carbonyl (C=O) groups is 1. The largest absolute Gasteiger partial charge is 0.398 e. The molecule has 0 fully saturated rings. The second-order valence-electron chi connectivity index (χ2n) is 7.88. The molecule has 1 amide bonds. The average molecular weight is 449 g/mol. The maximum Gasteiger partial charge on any atom is 0.238 e. The van der Waals surface area contributed by atoms with Crippen LogP contribution in [0.4, 0.5) is 11.4 Å². The zero-order valence-electron chi connectivity index (χ0n) is 17.3. The van der Waals surface area contributed by atoms with E-state index >= 15 is 0 Å². The number of aryl methyl sites for hydroxylation is 1. The fraction of sp³-hybridized carbons (Fsp3) is 0.167. The Hall–Kier alpha value is -3.49. The number of carbonyl (C=O) groups excluding carboxylic acids is 1. The Kier molecular flexibility index (Phi) is 5.82. The second kappa shape index (κ2) is 8.57. The van der Waals surface area contributed by atoms with Crippen LogP contribution in [-0.4, -0.2) is 20.0 Å². The van der Waals surface area contributed by atoms with Crippen LogP contribution in [0.25, 0.3) is 0 Å². The lowest BCUT2D eigenvalue weighted by atomic mass is 9.82. The maximum absolute atomic E-state index is 13.0. The molecule has 8 heteroatoms. The molecule has 4 rings (SSSR count). The van der Waals surface area contributed by atoms with Gasteiger partial charge in [-0.2, -0.15) is 0 Å². The van der Waals surface area contributed by atoms with Gasteiger partial charge in [0.1, 0.15) is 0 Å². The fourth-order valence-electron chi connectivity index (χ4n) is 4.09. The molecule has 6 N–H and O–H groups in total. The van der Waals surface area contributed by atoms with Crippen molar-refractivity contribution in [3.05, 3.63) is 89.0 Å². The Bertz CT molecular complexity index is 1320. The van der Waals surface area contributed by atoms with Gasteiger partial charge in [0.25, 0.3) is 0 Å². The van der Waals surface area contributed by atoms with Gasteiger partial charge >= 0.3 is 0 Å². The van der Waals surface area contributed by atoms with Crippen LogP contribution >= 0.6 is 0 Å². The molecule has 0 radical (unpaired) electrons. The molecule has 1 unspecified atom stereocenters. The number of fused-ring (bicyclic) bond motifs is 1. The van der Waals surface area contributed by atoms with E-state index in [2.05, 4.69) is 11.4 Å². The minimum absolute atomic E-state index is 0.0344. The highest BCUT2D eigenvalue weighted by Gasteiger charge is 2.26. The minimum Gasteiger partial charge on any atom is -0.398 e. The first kappa shape index (κ1) is 21.7. The molecular formula is C24H24N4O3S. The summed E-state index contributed by atoms with van der Waals surface area (Å²) in [5.74, 6) is -0.331. The van der Waals surface area contributed by atoms with Gasteiger partial charge in [0.15, 0.2) is 0 Å². The summed E-state index contributed by atoms with van der Waals surface area (Å²) in [5, 5.41) is 16.7. The van der Waals surface area contributed by atoms with Crippen molar-refractivity contribution >= 4 is 33.0 Å². The van der Waals surface area contributed by atoms with Gasteiger partial charge in [0, 0.05) is 22.5 Å². The number of hydrogen-bond acceptors (Lipinski definition) is 5. The van der Waals surface area contributed by atoms with Gasteiger partial charge in [-0.3, -0.25) is 10.2 Å². The molecule has 1 aliphatic carbocycles. The van der Waals surface area contributed by atoms with E-state index in [1.54, 1.807) is 24.3 Å². The molecule has 7 nitrogen and oxygen atoms in total. The fourth-order valence-corrected chi connectivity index (χ4v) is 4.65. The number of primary sulfonamides is 1. The van der Waals surface area contributed by atoms with Crippen molar-refractivity contribution < 1.29 is 13.2 Å².